The Balaban J connectivity index is 1.84. The standard InChI is InChI=1S/C19H20O2/c1-20-17-8-6-14(7-9-17)12-15-4-3-5-16-13-18(21-2)10-11-19(15)16/h4,6-11,13H,3,5,12H2,1-2H3. The fourth-order valence-electron chi connectivity index (χ4n) is 2.86. The zero-order valence-electron chi connectivity index (χ0n) is 12.6. The van der Waals surface area contributed by atoms with Crippen LogP contribution in [0.15, 0.2) is 48.5 Å². The summed E-state index contributed by atoms with van der Waals surface area (Å²) in [5, 5.41) is 0. The summed E-state index contributed by atoms with van der Waals surface area (Å²) in [7, 11) is 3.42. The molecule has 1 aliphatic rings. The average molecular weight is 280 g/mol. The molecule has 21 heavy (non-hydrogen) atoms. The summed E-state index contributed by atoms with van der Waals surface area (Å²) >= 11 is 0. The Morgan fingerprint density at radius 1 is 0.905 bits per heavy atom. The fraction of sp³-hybridized carbons (Fsp3) is 0.263. The van der Waals surface area contributed by atoms with Crippen molar-refractivity contribution in [3.8, 4) is 11.5 Å². The molecule has 0 aliphatic heterocycles. The fourth-order valence-corrected chi connectivity index (χ4v) is 2.86. The van der Waals surface area contributed by atoms with Crippen LogP contribution in [0.5, 0.6) is 11.5 Å². The Hall–Kier alpha value is -2.22. The van der Waals surface area contributed by atoms with Crippen LogP contribution in [0.2, 0.25) is 0 Å². The number of ether oxygens (including phenoxy) is 2. The van der Waals surface area contributed by atoms with Crippen molar-refractivity contribution in [3.05, 3.63) is 65.2 Å². The summed E-state index contributed by atoms with van der Waals surface area (Å²) in [6, 6.07) is 14.7. The molecule has 0 heterocycles. The monoisotopic (exact) mass is 280 g/mol. The maximum Gasteiger partial charge on any atom is 0.119 e. The van der Waals surface area contributed by atoms with E-state index in [0.29, 0.717) is 0 Å². The summed E-state index contributed by atoms with van der Waals surface area (Å²) in [6.45, 7) is 0. The summed E-state index contributed by atoms with van der Waals surface area (Å²) < 4.78 is 10.5. The van der Waals surface area contributed by atoms with Crippen LogP contribution in [0, 0.1) is 0 Å². The van der Waals surface area contributed by atoms with Gasteiger partial charge in [0.25, 0.3) is 0 Å². The zero-order chi connectivity index (χ0) is 14.7. The minimum Gasteiger partial charge on any atom is -0.497 e. The third kappa shape index (κ3) is 2.94. The molecule has 0 atom stereocenters. The number of hydrogen-bond acceptors (Lipinski definition) is 2. The summed E-state index contributed by atoms with van der Waals surface area (Å²) in [5.41, 5.74) is 5.47. The van der Waals surface area contributed by atoms with Gasteiger partial charge in [0.15, 0.2) is 0 Å². The van der Waals surface area contributed by atoms with Crippen molar-refractivity contribution >= 4 is 5.57 Å². The van der Waals surface area contributed by atoms with Crippen LogP contribution >= 0.6 is 0 Å². The number of benzene rings is 2. The van der Waals surface area contributed by atoms with Crippen LogP contribution in [0.3, 0.4) is 0 Å². The van der Waals surface area contributed by atoms with Gasteiger partial charge in [-0.1, -0.05) is 24.3 Å². The number of fused-ring (bicyclic) bond motifs is 1. The number of rotatable bonds is 4. The summed E-state index contributed by atoms with van der Waals surface area (Å²) in [6.07, 6.45) is 5.52. The van der Waals surface area contributed by atoms with E-state index in [0.717, 1.165) is 30.8 Å². The number of methoxy groups -OCH3 is 2. The normalized spacial score (nSPS) is 13.3. The molecule has 0 saturated carbocycles. The Kier molecular flexibility index (Phi) is 3.96. The molecule has 0 N–H and O–H groups in total. The number of hydrogen-bond donors (Lipinski definition) is 0. The second kappa shape index (κ2) is 6.04. The van der Waals surface area contributed by atoms with Gasteiger partial charge in [0.1, 0.15) is 11.5 Å². The molecule has 0 aromatic heterocycles. The minimum absolute atomic E-state index is 0.904. The van der Waals surface area contributed by atoms with Gasteiger partial charge in [0.05, 0.1) is 14.2 Å². The van der Waals surface area contributed by atoms with E-state index in [1.54, 1.807) is 14.2 Å². The van der Waals surface area contributed by atoms with Crippen molar-refractivity contribution in [1.29, 1.82) is 0 Å². The van der Waals surface area contributed by atoms with Crippen LogP contribution in [0.4, 0.5) is 0 Å². The number of allylic oxidation sites excluding steroid dienone is 2. The highest BCUT2D eigenvalue weighted by Gasteiger charge is 2.13. The Labute approximate surface area is 126 Å². The largest absolute Gasteiger partial charge is 0.497 e. The molecule has 0 bridgehead atoms. The first-order chi connectivity index (χ1) is 10.3. The van der Waals surface area contributed by atoms with E-state index in [2.05, 4.69) is 30.3 Å². The SMILES string of the molecule is COc1ccc(CC2=CCCc3cc(OC)ccc32)cc1. The van der Waals surface area contributed by atoms with E-state index < -0.39 is 0 Å². The van der Waals surface area contributed by atoms with Gasteiger partial charge in [0, 0.05) is 0 Å². The van der Waals surface area contributed by atoms with Crippen LogP contribution in [0.1, 0.15) is 23.1 Å². The molecule has 0 radical (unpaired) electrons. The molecule has 0 unspecified atom stereocenters. The quantitative estimate of drug-likeness (QED) is 0.832. The lowest BCUT2D eigenvalue weighted by molar-refractivity contribution is 0.414. The number of aryl methyl sites for hydroxylation is 1. The van der Waals surface area contributed by atoms with Crippen molar-refractivity contribution in [2.24, 2.45) is 0 Å². The van der Waals surface area contributed by atoms with Crippen LogP contribution in [0.25, 0.3) is 5.57 Å². The molecule has 2 aromatic rings. The lowest BCUT2D eigenvalue weighted by atomic mass is 9.87. The van der Waals surface area contributed by atoms with E-state index in [-0.39, 0.29) is 0 Å². The summed E-state index contributed by atoms with van der Waals surface area (Å²) in [5.74, 6) is 1.85. The van der Waals surface area contributed by atoms with Gasteiger partial charge in [-0.3, -0.25) is 0 Å². The van der Waals surface area contributed by atoms with Crippen LogP contribution in [-0.4, -0.2) is 14.2 Å². The van der Waals surface area contributed by atoms with E-state index >= 15 is 0 Å². The molecule has 0 fully saturated rings. The Morgan fingerprint density at radius 2 is 1.62 bits per heavy atom. The van der Waals surface area contributed by atoms with Gasteiger partial charge in [-0.15, -0.1) is 0 Å². The lowest BCUT2D eigenvalue weighted by Crippen LogP contribution is -2.02. The zero-order valence-corrected chi connectivity index (χ0v) is 12.6. The van der Waals surface area contributed by atoms with E-state index in [1.165, 1.54) is 22.3 Å². The first kappa shape index (κ1) is 13.7. The molecule has 3 rings (SSSR count). The molecule has 2 aromatic carbocycles. The second-order valence-electron chi connectivity index (χ2n) is 5.32. The van der Waals surface area contributed by atoms with Gasteiger partial charge < -0.3 is 9.47 Å². The first-order valence-corrected chi connectivity index (χ1v) is 7.29. The van der Waals surface area contributed by atoms with Crippen LogP contribution < -0.4 is 9.47 Å². The van der Waals surface area contributed by atoms with Crippen molar-refractivity contribution in [1.82, 2.24) is 0 Å². The summed E-state index contributed by atoms with van der Waals surface area (Å²) in [4.78, 5) is 0. The van der Waals surface area contributed by atoms with Gasteiger partial charge in [-0.05, 0) is 65.8 Å². The second-order valence-corrected chi connectivity index (χ2v) is 5.32. The highest BCUT2D eigenvalue weighted by Crippen LogP contribution is 2.31. The highest BCUT2D eigenvalue weighted by atomic mass is 16.5. The van der Waals surface area contributed by atoms with Gasteiger partial charge in [-0.2, -0.15) is 0 Å². The molecule has 2 heteroatoms. The van der Waals surface area contributed by atoms with Crippen molar-refractivity contribution in [3.63, 3.8) is 0 Å². The lowest BCUT2D eigenvalue weighted by Gasteiger charge is -2.19. The Bertz CT molecular complexity index is 654. The maximum absolute atomic E-state index is 5.33. The van der Waals surface area contributed by atoms with Crippen molar-refractivity contribution in [2.45, 2.75) is 19.3 Å². The molecular weight excluding hydrogens is 260 g/mol. The van der Waals surface area contributed by atoms with Gasteiger partial charge in [0.2, 0.25) is 0 Å². The maximum atomic E-state index is 5.33. The van der Waals surface area contributed by atoms with Gasteiger partial charge in [-0.25, -0.2) is 0 Å². The average Bonchev–Trinajstić information content (AvgIpc) is 2.55. The van der Waals surface area contributed by atoms with Crippen molar-refractivity contribution < 1.29 is 9.47 Å². The topological polar surface area (TPSA) is 18.5 Å². The first-order valence-electron chi connectivity index (χ1n) is 7.29. The van der Waals surface area contributed by atoms with E-state index in [4.69, 9.17) is 9.47 Å². The van der Waals surface area contributed by atoms with Crippen molar-refractivity contribution in [2.75, 3.05) is 14.2 Å². The smallest absolute Gasteiger partial charge is 0.119 e. The predicted molar refractivity (Wildman–Crippen MR) is 86.0 cm³/mol. The van der Waals surface area contributed by atoms with Crippen LogP contribution in [-0.2, 0) is 12.8 Å². The predicted octanol–water partition coefficient (Wildman–Crippen LogP) is 4.28. The van der Waals surface area contributed by atoms with E-state index in [1.807, 2.05) is 18.2 Å². The third-order valence-electron chi connectivity index (χ3n) is 4.02. The molecule has 0 amide bonds. The third-order valence-corrected chi connectivity index (χ3v) is 4.02. The molecule has 1 aliphatic carbocycles. The van der Waals surface area contributed by atoms with Gasteiger partial charge >= 0.3 is 0 Å². The molecule has 2 nitrogen and oxygen atoms in total. The molecule has 0 spiro atoms. The highest BCUT2D eigenvalue weighted by molar-refractivity contribution is 5.72. The van der Waals surface area contributed by atoms with E-state index in [9.17, 15) is 0 Å². The minimum atomic E-state index is 0.904. The Morgan fingerprint density at radius 3 is 2.33 bits per heavy atom. The molecule has 108 valence electrons. The molecular formula is C19H20O2. The molecule has 0 saturated heterocycles.